The Morgan fingerprint density at radius 1 is 1.27 bits per heavy atom. The van der Waals surface area contributed by atoms with Gasteiger partial charge in [0, 0.05) is 7.05 Å². The molecule has 0 aliphatic heterocycles. The van der Waals surface area contributed by atoms with Crippen molar-refractivity contribution in [2.45, 2.75) is 0 Å². The number of azo groups is 1. The van der Waals surface area contributed by atoms with Gasteiger partial charge in [-0.05, 0) is 12.1 Å². The fraction of sp³-hybridized carbons (Fsp3) is 0.111. The van der Waals surface area contributed by atoms with Gasteiger partial charge in [0.05, 0.1) is 20.9 Å². The Morgan fingerprint density at radius 3 is 2.60 bits per heavy atom. The van der Waals surface area contributed by atoms with E-state index in [1.807, 2.05) is 0 Å². The second-order valence-electron chi connectivity index (χ2n) is 2.90. The highest BCUT2D eigenvalue weighted by Crippen LogP contribution is 2.42. The van der Waals surface area contributed by atoms with Crippen molar-refractivity contribution in [2.75, 3.05) is 7.05 Å². The molecule has 0 aliphatic carbocycles. The molecule has 0 saturated heterocycles. The predicted molar refractivity (Wildman–Crippen MR) is 60.4 cm³/mol. The Labute approximate surface area is 95.5 Å². The van der Waals surface area contributed by atoms with E-state index in [1.165, 1.54) is 7.05 Å². The SMILES string of the molecule is CN=Nc1c(O)[nH]c2c(Cl)ccc(Cl)c12. The van der Waals surface area contributed by atoms with Crippen molar-refractivity contribution in [1.29, 1.82) is 0 Å². The van der Waals surface area contributed by atoms with Gasteiger partial charge >= 0.3 is 0 Å². The topological polar surface area (TPSA) is 60.7 Å². The minimum Gasteiger partial charge on any atom is -0.493 e. The molecule has 1 aromatic heterocycles. The first-order chi connectivity index (χ1) is 7.15. The molecule has 15 heavy (non-hydrogen) atoms. The monoisotopic (exact) mass is 243 g/mol. The maximum Gasteiger partial charge on any atom is 0.218 e. The normalized spacial score (nSPS) is 11.7. The Morgan fingerprint density at radius 2 is 1.93 bits per heavy atom. The van der Waals surface area contributed by atoms with Crippen LogP contribution in [0.4, 0.5) is 5.69 Å². The van der Waals surface area contributed by atoms with Crippen molar-refractivity contribution < 1.29 is 5.11 Å². The summed E-state index contributed by atoms with van der Waals surface area (Å²) in [5.41, 5.74) is 0.865. The minimum atomic E-state index is -0.0920. The predicted octanol–water partition coefficient (Wildman–Crippen LogP) is 3.89. The Balaban J connectivity index is 2.91. The maximum absolute atomic E-state index is 9.59. The van der Waals surface area contributed by atoms with Gasteiger partial charge in [0.15, 0.2) is 5.69 Å². The number of fused-ring (bicyclic) bond motifs is 1. The second-order valence-corrected chi connectivity index (χ2v) is 3.72. The molecule has 1 aromatic carbocycles. The van der Waals surface area contributed by atoms with Crippen molar-refractivity contribution >= 4 is 39.8 Å². The van der Waals surface area contributed by atoms with E-state index in [4.69, 9.17) is 23.2 Å². The van der Waals surface area contributed by atoms with Crippen LogP contribution < -0.4 is 0 Å². The number of hydrogen-bond donors (Lipinski definition) is 2. The minimum absolute atomic E-state index is 0.0920. The van der Waals surface area contributed by atoms with Gasteiger partial charge in [-0.15, -0.1) is 5.11 Å². The van der Waals surface area contributed by atoms with Crippen molar-refractivity contribution in [3.63, 3.8) is 0 Å². The first kappa shape index (κ1) is 10.3. The van der Waals surface area contributed by atoms with E-state index in [0.717, 1.165) is 0 Å². The fourth-order valence-electron chi connectivity index (χ4n) is 1.40. The highest BCUT2D eigenvalue weighted by molar-refractivity contribution is 6.41. The summed E-state index contributed by atoms with van der Waals surface area (Å²) in [5.74, 6) is -0.0920. The van der Waals surface area contributed by atoms with E-state index in [2.05, 4.69) is 15.2 Å². The lowest BCUT2D eigenvalue weighted by Crippen LogP contribution is -1.71. The molecule has 0 spiro atoms. The van der Waals surface area contributed by atoms with Crippen molar-refractivity contribution in [3.8, 4) is 5.88 Å². The first-order valence-corrected chi connectivity index (χ1v) is 4.89. The highest BCUT2D eigenvalue weighted by Gasteiger charge is 2.15. The van der Waals surface area contributed by atoms with Crippen LogP contribution in [0.15, 0.2) is 22.4 Å². The quantitative estimate of drug-likeness (QED) is 0.734. The molecule has 1 heterocycles. The molecule has 0 fully saturated rings. The van der Waals surface area contributed by atoms with Crippen molar-refractivity contribution in [1.82, 2.24) is 4.98 Å². The molecule has 0 aliphatic rings. The lowest BCUT2D eigenvalue weighted by atomic mass is 10.2. The van der Waals surface area contributed by atoms with E-state index in [0.29, 0.717) is 26.6 Å². The maximum atomic E-state index is 9.59. The van der Waals surface area contributed by atoms with Gasteiger partial charge in [0.1, 0.15) is 0 Å². The van der Waals surface area contributed by atoms with Crippen LogP contribution in [0.3, 0.4) is 0 Å². The molecule has 2 rings (SSSR count). The average Bonchev–Trinajstić information content (AvgIpc) is 2.53. The molecule has 4 nitrogen and oxygen atoms in total. The van der Waals surface area contributed by atoms with Crippen molar-refractivity contribution in [3.05, 3.63) is 22.2 Å². The molecule has 0 unspecified atom stereocenters. The molecule has 0 amide bonds. The Hall–Kier alpha value is -1.26. The Kier molecular flexibility index (Phi) is 2.54. The van der Waals surface area contributed by atoms with Crippen LogP contribution in [0.25, 0.3) is 10.9 Å². The lowest BCUT2D eigenvalue weighted by Gasteiger charge is -1.96. The molecule has 0 atom stereocenters. The zero-order chi connectivity index (χ0) is 11.0. The van der Waals surface area contributed by atoms with Crippen LogP contribution in [0.2, 0.25) is 10.0 Å². The van der Waals surface area contributed by atoms with Crippen LogP contribution >= 0.6 is 23.2 Å². The van der Waals surface area contributed by atoms with Gasteiger partial charge in [-0.3, -0.25) is 0 Å². The molecule has 0 radical (unpaired) electrons. The molecule has 2 aromatic rings. The summed E-state index contributed by atoms with van der Waals surface area (Å²) in [4.78, 5) is 2.71. The van der Waals surface area contributed by atoms with E-state index in [1.54, 1.807) is 12.1 Å². The molecule has 0 saturated carbocycles. The van der Waals surface area contributed by atoms with Gasteiger partial charge in [-0.25, -0.2) is 0 Å². The third-order valence-electron chi connectivity index (χ3n) is 2.01. The highest BCUT2D eigenvalue weighted by atomic mass is 35.5. The number of nitrogens with zero attached hydrogens (tertiary/aromatic N) is 2. The number of aromatic amines is 1. The van der Waals surface area contributed by atoms with Crippen molar-refractivity contribution in [2.24, 2.45) is 10.2 Å². The smallest absolute Gasteiger partial charge is 0.218 e. The molecule has 0 bridgehead atoms. The second kappa shape index (κ2) is 3.72. The molecule has 6 heteroatoms. The standard InChI is InChI=1S/C9H7Cl2N3O/c1-12-14-8-6-4(10)2-3-5(11)7(6)13-9(8)15/h2-3,13,15H,1H3. The van der Waals surface area contributed by atoms with Crippen LogP contribution in [-0.4, -0.2) is 17.1 Å². The van der Waals surface area contributed by atoms with E-state index in [9.17, 15) is 5.11 Å². The van der Waals surface area contributed by atoms with E-state index < -0.39 is 0 Å². The number of halogens is 2. The fourth-order valence-corrected chi connectivity index (χ4v) is 1.85. The van der Waals surface area contributed by atoms with Gasteiger partial charge in [0.25, 0.3) is 0 Å². The zero-order valence-corrected chi connectivity index (χ0v) is 9.26. The van der Waals surface area contributed by atoms with Crippen LogP contribution in [-0.2, 0) is 0 Å². The number of aromatic nitrogens is 1. The molecular formula is C9H7Cl2N3O. The van der Waals surface area contributed by atoms with Gasteiger partial charge in [-0.2, -0.15) is 5.11 Å². The number of rotatable bonds is 1. The van der Waals surface area contributed by atoms with E-state index in [-0.39, 0.29) is 5.88 Å². The first-order valence-electron chi connectivity index (χ1n) is 4.13. The molecule has 78 valence electrons. The summed E-state index contributed by atoms with van der Waals surface area (Å²) < 4.78 is 0. The van der Waals surface area contributed by atoms with Crippen LogP contribution in [0.1, 0.15) is 0 Å². The summed E-state index contributed by atoms with van der Waals surface area (Å²) in [7, 11) is 1.51. The zero-order valence-electron chi connectivity index (χ0n) is 7.75. The van der Waals surface area contributed by atoms with Gasteiger partial charge in [0.2, 0.25) is 5.88 Å². The van der Waals surface area contributed by atoms with E-state index >= 15 is 0 Å². The third kappa shape index (κ3) is 1.56. The van der Waals surface area contributed by atoms with Crippen LogP contribution in [0, 0.1) is 0 Å². The summed E-state index contributed by atoms with van der Waals surface area (Å²) in [6, 6.07) is 3.29. The number of benzene rings is 1. The van der Waals surface area contributed by atoms with Crippen LogP contribution in [0.5, 0.6) is 5.88 Å². The number of aromatic hydroxyl groups is 1. The van der Waals surface area contributed by atoms with Gasteiger partial charge < -0.3 is 10.1 Å². The molecular weight excluding hydrogens is 237 g/mol. The summed E-state index contributed by atoms with van der Waals surface area (Å²) in [5, 5.41) is 18.5. The number of hydrogen-bond acceptors (Lipinski definition) is 3. The number of nitrogens with one attached hydrogen (secondary N) is 1. The average molecular weight is 244 g/mol. The summed E-state index contributed by atoms with van der Waals surface area (Å²) in [6.07, 6.45) is 0. The third-order valence-corrected chi connectivity index (χ3v) is 2.64. The Bertz CT molecular complexity index is 548. The lowest BCUT2D eigenvalue weighted by molar-refractivity contribution is 0.459. The van der Waals surface area contributed by atoms with Gasteiger partial charge in [-0.1, -0.05) is 23.2 Å². The molecule has 2 N–H and O–H groups in total. The number of H-pyrrole nitrogens is 1. The largest absolute Gasteiger partial charge is 0.493 e. The summed E-state index contributed by atoms with van der Waals surface area (Å²) >= 11 is 11.9. The summed E-state index contributed by atoms with van der Waals surface area (Å²) in [6.45, 7) is 0.